The molecular formula is C25H28N2O6. The van der Waals surface area contributed by atoms with E-state index in [1.807, 2.05) is 36.4 Å². The van der Waals surface area contributed by atoms with Gasteiger partial charge < -0.3 is 24.8 Å². The third kappa shape index (κ3) is 4.71. The smallest absolute Gasteiger partial charge is 0.408 e. The van der Waals surface area contributed by atoms with Crippen LogP contribution in [0.3, 0.4) is 0 Å². The van der Waals surface area contributed by atoms with Crippen molar-refractivity contribution in [3.8, 4) is 11.1 Å². The Balaban J connectivity index is 1.45. The van der Waals surface area contributed by atoms with Crippen molar-refractivity contribution in [1.82, 2.24) is 10.2 Å². The standard InChI is InChI=1S/C25H28N2O6/c1-27(13-10-22(28)29)23(30)25(11-14-32-15-12-25)26-24(31)33-16-21-19-8-4-2-6-17(19)18-7-3-5-9-20(18)21/h2-9,21H,10-16H2,1H3,(H,26,31)(H,28,29). The van der Waals surface area contributed by atoms with Gasteiger partial charge in [-0.2, -0.15) is 0 Å². The van der Waals surface area contributed by atoms with Gasteiger partial charge in [-0.3, -0.25) is 9.59 Å². The summed E-state index contributed by atoms with van der Waals surface area (Å²) >= 11 is 0. The number of ether oxygens (including phenoxy) is 2. The lowest BCUT2D eigenvalue weighted by Crippen LogP contribution is -2.61. The van der Waals surface area contributed by atoms with Crippen LogP contribution in [0.25, 0.3) is 11.1 Å². The highest BCUT2D eigenvalue weighted by atomic mass is 16.5. The summed E-state index contributed by atoms with van der Waals surface area (Å²) in [6.45, 7) is 0.850. The molecule has 174 valence electrons. The second kappa shape index (κ2) is 9.62. The van der Waals surface area contributed by atoms with Crippen LogP contribution in [0, 0.1) is 0 Å². The number of aliphatic carboxylic acids is 1. The first-order valence-corrected chi connectivity index (χ1v) is 11.1. The molecule has 0 spiro atoms. The Hall–Kier alpha value is -3.39. The van der Waals surface area contributed by atoms with E-state index < -0.39 is 17.6 Å². The Morgan fingerprint density at radius 1 is 1.06 bits per heavy atom. The molecule has 1 aliphatic carbocycles. The summed E-state index contributed by atoms with van der Waals surface area (Å²) in [6, 6.07) is 16.2. The number of hydrogen-bond acceptors (Lipinski definition) is 5. The van der Waals surface area contributed by atoms with Gasteiger partial charge in [0.05, 0.1) is 6.42 Å². The SMILES string of the molecule is CN(CCC(=O)O)C(=O)C1(NC(=O)OCC2c3ccccc3-c3ccccc32)CCOCC1. The Bertz CT molecular complexity index is 1000. The molecule has 8 heteroatoms. The third-order valence-corrected chi connectivity index (χ3v) is 6.45. The molecule has 0 aromatic heterocycles. The van der Waals surface area contributed by atoms with Gasteiger partial charge in [0.15, 0.2) is 0 Å². The van der Waals surface area contributed by atoms with Crippen LogP contribution in [0.15, 0.2) is 48.5 Å². The maximum absolute atomic E-state index is 13.2. The summed E-state index contributed by atoms with van der Waals surface area (Å²) in [5, 5.41) is 11.7. The van der Waals surface area contributed by atoms with Crippen molar-refractivity contribution in [3.63, 3.8) is 0 Å². The molecule has 2 amide bonds. The van der Waals surface area contributed by atoms with Gasteiger partial charge in [-0.1, -0.05) is 48.5 Å². The van der Waals surface area contributed by atoms with E-state index in [1.165, 1.54) is 4.90 Å². The molecule has 1 saturated heterocycles. The molecule has 8 nitrogen and oxygen atoms in total. The topological polar surface area (TPSA) is 105 Å². The second-order valence-corrected chi connectivity index (χ2v) is 8.52. The average molecular weight is 453 g/mol. The fourth-order valence-electron chi connectivity index (χ4n) is 4.67. The lowest BCUT2D eigenvalue weighted by Gasteiger charge is -2.38. The van der Waals surface area contributed by atoms with Gasteiger partial charge in [-0.15, -0.1) is 0 Å². The quantitative estimate of drug-likeness (QED) is 0.669. The number of rotatable bonds is 7. The third-order valence-electron chi connectivity index (χ3n) is 6.45. The zero-order chi connectivity index (χ0) is 23.4. The molecule has 2 aromatic carbocycles. The molecule has 33 heavy (non-hydrogen) atoms. The normalized spacial score (nSPS) is 16.4. The highest BCUT2D eigenvalue weighted by Crippen LogP contribution is 2.44. The van der Waals surface area contributed by atoms with Crippen LogP contribution in [0.4, 0.5) is 4.79 Å². The second-order valence-electron chi connectivity index (χ2n) is 8.52. The van der Waals surface area contributed by atoms with Crippen molar-refractivity contribution in [1.29, 1.82) is 0 Å². The van der Waals surface area contributed by atoms with Crippen LogP contribution < -0.4 is 5.32 Å². The number of likely N-dealkylation sites (N-methyl/N-ethyl adjacent to an activating group) is 1. The van der Waals surface area contributed by atoms with E-state index in [1.54, 1.807) is 7.05 Å². The number of fused-ring (bicyclic) bond motifs is 3. The fraction of sp³-hybridized carbons (Fsp3) is 0.400. The van der Waals surface area contributed by atoms with E-state index in [2.05, 4.69) is 17.4 Å². The summed E-state index contributed by atoms with van der Waals surface area (Å²) in [4.78, 5) is 38.3. The Morgan fingerprint density at radius 2 is 1.64 bits per heavy atom. The van der Waals surface area contributed by atoms with Crippen molar-refractivity contribution in [2.45, 2.75) is 30.7 Å². The first-order chi connectivity index (χ1) is 15.9. The van der Waals surface area contributed by atoms with Gasteiger partial charge in [0, 0.05) is 45.6 Å². The largest absolute Gasteiger partial charge is 0.481 e. The molecule has 1 heterocycles. The number of nitrogens with one attached hydrogen (secondary N) is 1. The van der Waals surface area contributed by atoms with Crippen LogP contribution in [-0.4, -0.2) is 66.9 Å². The average Bonchev–Trinajstić information content (AvgIpc) is 3.15. The van der Waals surface area contributed by atoms with Gasteiger partial charge in [0.2, 0.25) is 5.91 Å². The number of hydrogen-bond donors (Lipinski definition) is 2. The minimum atomic E-state index is -1.17. The number of carbonyl (C=O) groups excluding carboxylic acids is 2. The number of benzene rings is 2. The van der Waals surface area contributed by atoms with E-state index in [4.69, 9.17) is 14.6 Å². The van der Waals surface area contributed by atoms with Crippen LogP contribution >= 0.6 is 0 Å². The predicted octanol–water partition coefficient (Wildman–Crippen LogP) is 3.01. The van der Waals surface area contributed by atoms with Gasteiger partial charge in [0.25, 0.3) is 0 Å². The Morgan fingerprint density at radius 3 is 2.21 bits per heavy atom. The minimum Gasteiger partial charge on any atom is -0.481 e. The first kappa shape index (κ1) is 22.8. The number of carboxylic acid groups (broad SMARTS) is 1. The Kier molecular flexibility index (Phi) is 6.65. The maximum atomic E-state index is 13.2. The molecule has 4 rings (SSSR count). The highest BCUT2D eigenvalue weighted by molar-refractivity contribution is 5.90. The number of carboxylic acids is 1. The van der Waals surface area contributed by atoms with Crippen LogP contribution in [-0.2, 0) is 19.1 Å². The molecular weight excluding hydrogens is 424 g/mol. The van der Waals surface area contributed by atoms with Crippen molar-refractivity contribution in [3.05, 3.63) is 59.7 Å². The highest BCUT2D eigenvalue weighted by Gasteiger charge is 2.44. The molecule has 0 unspecified atom stereocenters. The zero-order valence-corrected chi connectivity index (χ0v) is 18.6. The molecule has 1 aliphatic heterocycles. The lowest BCUT2D eigenvalue weighted by molar-refractivity contribution is -0.142. The van der Waals surface area contributed by atoms with Crippen molar-refractivity contribution >= 4 is 18.0 Å². The molecule has 0 saturated carbocycles. The lowest BCUT2D eigenvalue weighted by atomic mass is 9.88. The molecule has 0 bridgehead atoms. The molecule has 2 N–H and O–H groups in total. The summed E-state index contributed by atoms with van der Waals surface area (Å²) in [7, 11) is 1.54. The number of amides is 2. The van der Waals surface area contributed by atoms with E-state index >= 15 is 0 Å². The summed E-state index contributed by atoms with van der Waals surface area (Å²) < 4.78 is 11.0. The van der Waals surface area contributed by atoms with Crippen molar-refractivity contribution < 1.29 is 29.0 Å². The monoisotopic (exact) mass is 452 g/mol. The fourth-order valence-corrected chi connectivity index (χ4v) is 4.67. The first-order valence-electron chi connectivity index (χ1n) is 11.1. The maximum Gasteiger partial charge on any atom is 0.408 e. The molecule has 0 radical (unpaired) electrons. The van der Waals surface area contributed by atoms with Crippen LogP contribution in [0.2, 0.25) is 0 Å². The van der Waals surface area contributed by atoms with E-state index in [0.717, 1.165) is 22.3 Å². The molecule has 0 atom stereocenters. The molecule has 1 fully saturated rings. The van der Waals surface area contributed by atoms with Crippen molar-refractivity contribution in [2.24, 2.45) is 0 Å². The minimum absolute atomic E-state index is 0.0587. The number of carbonyl (C=O) groups is 3. The van der Waals surface area contributed by atoms with Crippen LogP contribution in [0.1, 0.15) is 36.3 Å². The zero-order valence-electron chi connectivity index (χ0n) is 18.6. The number of nitrogens with zero attached hydrogens (tertiary/aromatic N) is 1. The molecule has 2 aromatic rings. The van der Waals surface area contributed by atoms with Gasteiger partial charge in [-0.05, 0) is 22.3 Å². The van der Waals surface area contributed by atoms with E-state index in [0.29, 0.717) is 26.1 Å². The summed E-state index contributed by atoms with van der Waals surface area (Å²) in [5.41, 5.74) is 3.32. The van der Waals surface area contributed by atoms with Gasteiger partial charge in [0.1, 0.15) is 12.1 Å². The Labute approximate surface area is 192 Å². The van der Waals surface area contributed by atoms with Gasteiger partial charge >= 0.3 is 12.1 Å². The van der Waals surface area contributed by atoms with E-state index in [9.17, 15) is 14.4 Å². The number of alkyl carbamates (subject to hydrolysis) is 1. The summed E-state index contributed by atoms with van der Waals surface area (Å²) in [5.74, 6) is -1.40. The van der Waals surface area contributed by atoms with Crippen LogP contribution in [0.5, 0.6) is 0 Å². The molecule has 2 aliphatic rings. The predicted molar refractivity (Wildman–Crippen MR) is 121 cm³/mol. The van der Waals surface area contributed by atoms with Gasteiger partial charge in [-0.25, -0.2) is 4.79 Å². The summed E-state index contributed by atoms with van der Waals surface area (Å²) in [6.07, 6.45) is -0.237. The van der Waals surface area contributed by atoms with Crippen molar-refractivity contribution in [2.75, 3.05) is 33.4 Å². The van der Waals surface area contributed by atoms with E-state index in [-0.39, 0.29) is 31.4 Å².